The number of nitrogens with zero attached hydrogens (tertiary/aromatic N) is 4. The molecule has 20 heavy (non-hydrogen) atoms. The highest BCUT2D eigenvalue weighted by molar-refractivity contribution is 6.33. The molecule has 3 rings (SSSR count). The zero-order valence-electron chi connectivity index (χ0n) is 10.1. The Balaban J connectivity index is 2.09. The molecule has 0 fully saturated rings. The van der Waals surface area contributed by atoms with E-state index in [-0.39, 0.29) is 11.9 Å². The minimum Gasteiger partial charge on any atom is -0.403 e. The summed E-state index contributed by atoms with van der Waals surface area (Å²) in [5, 5.41) is 7.89. The van der Waals surface area contributed by atoms with Gasteiger partial charge in [-0.25, -0.2) is 4.98 Å². The number of anilines is 2. The Morgan fingerprint density at radius 1 is 1.00 bits per heavy atom. The van der Waals surface area contributed by atoms with Crippen LogP contribution in [-0.2, 0) is 0 Å². The third kappa shape index (κ3) is 2.26. The first-order valence-electron chi connectivity index (χ1n) is 5.59. The van der Waals surface area contributed by atoms with Crippen LogP contribution in [0.1, 0.15) is 0 Å². The van der Waals surface area contributed by atoms with E-state index in [2.05, 4.69) is 20.2 Å². The fourth-order valence-electron chi connectivity index (χ4n) is 1.73. The summed E-state index contributed by atoms with van der Waals surface area (Å²) < 4.78 is 5.16. The fourth-order valence-corrected chi connectivity index (χ4v) is 1.94. The fraction of sp³-hybridized carbons (Fsp3) is 0. The van der Waals surface area contributed by atoms with E-state index in [1.807, 2.05) is 0 Å². The van der Waals surface area contributed by atoms with Crippen LogP contribution in [-0.4, -0.2) is 20.2 Å². The summed E-state index contributed by atoms with van der Waals surface area (Å²) in [7, 11) is 0. The van der Waals surface area contributed by atoms with Gasteiger partial charge in [-0.15, -0.1) is 5.10 Å². The molecule has 0 aliphatic heterocycles. The molecule has 0 saturated carbocycles. The molecule has 100 valence electrons. The van der Waals surface area contributed by atoms with Gasteiger partial charge in [-0.1, -0.05) is 16.7 Å². The summed E-state index contributed by atoms with van der Waals surface area (Å²) in [5.41, 5.74) is 13.2. The van der Waals surface area contributed by atoms with Gasteiger partial charge in [0.1, 0.15) is 5.82 Å². The van der Waals surface area contributed by atoms with Gasteiger partial charge >= 0.3 is 6.01 Å². The Kier molecular flexibility index (Phi) is 2.96. The van der Waals surface area contributed by atoms with Crippen molar-refractivity contribution in [1.29, 1.82) is 0 Å². The third-order valence-electron chi connectivity index (χ3n) is 2.61. The number of nitrogens with two attached hydrogens (primary N) is 2. The van der Waals surface area contributed by atoms with E-state index >= 15 is 0 Å². The Morgan fingerprint density at radius 2 is 1.80 bits per heavy atom. The topological polar surface area (TPSA) is 117 Å². The summed E-state index contributed by atoms with van der Waals surface area (Å²) in [6.07, 6.45) is 4.74. The average molecular weight is 289 g/mol. The number of hydrogen-bond acceptors (Lipinski definition) is 7. The minimum atomic E-state index is -0.00316. The first-order chi connectivity index (χ1) is 9.63. The van der Waals surface area contributed by atoms with Crippen LogP contribution < -0.4 is 11.5 Å². The molecular formula is C12H9ClN6O. The maximum Gasteiger partial charge on any atom is 0.313 e. The first-order valence-corrected chi connectivity index (χ1v) is 5.97. The quantitative estimate of drug-likeness (QED) is 0.740. The Hall–Kier alpha value is -2.67. The van der Waals surface area contributed by atoms with Crippen molar-refractivity contribution in [2.24, 2.45) is 0 Å². The lowest BCUT2D eigenvalue weighted by Gasteiger charge is -2.05. The summed E-state index contributed by atoms with van der Waals surface area (Å²) in [5.74, 6) is 0.659. The van der Waals surface area contributed by atoms with Crippen molar-refractivity contribution >= 4 is 23.4 Å². The van der Waals surface area contributed by atoms with Crippen molar-refractivity contribution in [3.8, 4) is 22.6 Å². The van der Waals surface area contributed by atoms with E-state index in [9.17, 15) is 0 Å². The average Bonchev–Trinajstić information content (AvgIpc) is 2.88. The number of aromatic nitrogens is 4. The van der Waals surface area contributed by atoms with Crippen molar-refractivity contribution in [3.63, 3.8) is 0 Å². The van der Waals surface area contributed by atoms with Gasteiger partial charge in [-0.05, 0) is 12.1 Å². The van der Waals surface area contributed by atoms with Gasteiger partial charge in [-0.3, -0.25) is 4.98 Å². The molecule has 0 bridgehead atoms. The molecule has 3 aromatic heterocycles. The van der Waals surface area contributed by atoms with Gasteiger partial charge in [-0.2, -0.15) is 0 Å². The standard InChI is InChI=1S/C12H9ClN6O/c13-9-5-17-10(14)2-8(9)6-1-7(4-16-3-6)11-18-19-12(15)20-11/h1-5H,(H2,14,17)(H2,15,19). The molecule has 8 heteroatoms. The first kappa shape index (κ1) is 12.4. The summed E-state index contributed by atoms with van der Waals surface area (Å²) >= 11 is 6.12. The molecule has 3 aromatic rings. The highest BCUT2D eigenvalue weighted by Gasteiger charge is 2.10. The molecular weight excluding hydrogens is 280 g/mol. The largest absolute Gasteiger partial charge is 0.403 e. The highest BCUT2D eigenvalue weighted by atomic mass is 35.5. The SMILES string of the molecule is Nc1cc(-c2cncc(-c3nnc(N)o3)c2)c(Cl)cn1. The molecule has 7 nitrogen and oxygen atoms in total. The van der Waals surface area contributed by atoms with Crippen LogP contribution >= 0.6 is 11.6 Å². The molecule has 0 saturated heterocycles. The molecule has 0 radical (unpaired) electrons. The van der Waals surface area contributed by atoms with Gasteiger partial charge in [0.05, 0.1) is 10.6 Å². The Labute approximate surface area is 118 Å². The molecule has 3 heterocycles. The number of pyridine rings is 2. The van der Waals surface area contributed by atoms with E-state index in [0.717, 1.165) is 11.1 Å². The Morgan fingerprint density at radius 3 is 2.55 bits per heavy atom. The van der Waals surface area contributed by atoms with Crippen LogP contribution in [0.3, 0.4) is 0 Å². The summed E-state index contributed by atoms with van der Waals surface area (Å²) in [4.78, 5) is 8.05. The lowest BCUT2D eigenvalue weighted by atomic mass is 10.1. The van der Waals surface area contributed by atoms with Crippen LogP contribution in [0.4, 0.5) is 11.8 Å². The number of nitrogen functional groups attached to an aromatic ring is 2. The number of hydrogen-bond donors (Lipinski definition) is 2. The van der Waals surface area contributed by atoms with Crippen LogP contribution in [0.2, 0.25) is 5.02 Å². The van der Waals surface area contributed by atoms with Gasteiger partial charge in [0.25, 0.3) is 5.89 Å². The van der Waals surface area contributed by atoms with Crippen molar-refractivity contribution in [2.45, 2.75) is 0 Å². The van der Waals surface area contributed by atoms with Crippen LogP contribution in [0.15, 0.2) is 35.1 Å². The summed E-state index contributed by atoms with van der Waals surface area (Å²) in [6, 6.07) is 3.47. The monoisotopic (exact) mass is 288 g/mol. The maximum absolute atomic E-state index is 6.12. The number of halogens is 1. The molecule has 0 aliphatic rings. The van der Waals surface area contributed by atoms with Gasteiger partial charge in [0.2, 0.25) is 0 Å². The second-order valence-corrected chi connectivity index (χ2v) is 4.40. The maximum atomic E-state index is 6.12. The second kappa shape index (κ2) is 4.78. The van der Waals surface area contributed by atoms with E-state index in [1.54, 1.807) is 24.5 Å². The van der Waals surface area contributed by atoms with E-state index in [0.29, 0.717) is 16.4 Å². The predicted octanol–water partition coefficient (Wildman–Crippen LogP) is 2.01. The van der Waals surface area contributed by atoms with Crippen molar-refractivity contribution < 1.29 is 4.42 Å². The molecule has 0 unspecified atom stereocenters. The molecule has 0 atom stereocenters. The van der Waals surface area contributed by atoms with Gasteiger partial charge < -0.3 is 15.9 Å². The summed E-state index contributed by atoms with van der Waals surface area (Å²) in [6.45, 7) is 0. The third-order valence-corrected chi connectivity index (χ3v) is 2.91. The number of rotatable bonds is 2. The molecule has 0 spiro atoms. The van der Waals surface area contributed by atoms with E-state index in [1.165, 1.54) is 6.20 Å². The van der Waals surface area contributed by atoms with E-state index < -0.39 is 0 Å². The van der Waals surface area contributed by atoms with Crippen LogP contribution in [0.25, 0.3) is 22.6 Å². The zero-order chi connectivity index (χ0) is 14.1. The van der Waals surface area contributed by atoms with Crippen molar-refractivity contribution in [2.75, 3.05) is 11.5 Å². The molecule has 4 N–H and O–H groups in total. The lowest BCUT2D eigenvalue weighted by Crippen LogP contribution is -1.92. The van der Waals surface area contributed by atoms with Gasteiger partial charge in [0, 0.05) is 29.7 Å². The van der Waals surface area contributed by atoms with Crippen LogP contribution in [0.5, 0.6) is 0 Å². The second-order valence-electron chi connectivity index (χ2n) is 4.00. The predicted molar refractivity (Wildman–Crippen MR) is 74.6 cm³/mol. The van der Waals surface area contributed by atoms with Crippen LogP contribution in [0, 0.1) is 0 Å². The lowest BCUT2D eigenvalue weighted by molar-refractivity contribution is 0.590. The van der Waals surface area contributed by atoms with Crippen molar-refractivity contribution in [1.82, 2.24) is 20.2 Å². The zero-order valence-corrected chi connectivity index (χ0v) is 10.9. The van der Waals surface area contributed by atoms with Gasteiger partial charge in [0.15, 0.2) is 0 Å². The molecule has 0 aromatic carbocycles. The minimum absolute atomic E-state index is 0.00316. The smallest absolute Gasteiger partial charge is 0.313 e. The molecule has 0 aliphatic carbocycles. The van der Waals surface area contributed by atoms with E-state index in [4.69, 9.17) is 27.5 Å². The highest BCUT2D eigenvalue weighted by Crippen LogP contribution is 2.30. The Bertz CT molecular complexity index is 772. The van der Waals surface area contributed by atoms with Crippen molar-refractivity contribution in [3.05, 3.63) is 35.7 Å². The molecule has 0 amide bonds. The normalized spacial score (nSPS) is 10.7.